The summed E-state index contributed by atoms with van der Waals surface area (Å²) in [6.45, 7) is 7.56. The highest BCUT2D eigenvalue weighted by Gasteiger charge is 2.20. The molecule has 0 radical (unpaired) electrons. The van der Waals surface area contributed by atoms with Gasteiger partial charge in [-0.15, -0.1) is 6.58 Å². The van der Waals surface area contributed by atoms with Gasteiger partial charge in [-0.25, -0.2) is 0 Å². The van der Waals surface area contributed by atoms with Crippen molar-refractivity contribution in [3.63, 3.8) is 0 Å². The molecule has 0 aliphatic rings. The SMILES string of the molecule is C=CCCCCC(C(=O)O)C(C)C. The number of unbranched alkanes of at least 4 members (excludes halogenated alkanes) is 2. The molecule has 0 saturated carbocycles. The largest absolute Gasteiger partial charge is 0.481 e. The Morgan fingerprint density at radius 1 is 1.46 bits per heavy atom. The predicted octanol–water partition coefficient (Wildman–Crippen LogP) is 3.09. The van der Waals surface area contributed by atoms with Crippen molar-refractivity contribution in [1.82, 2.24) is 0 Å². The first kappa shape index (κ1) is 12.2. The molecule has 1 atom stereocenters. The number of carbonyl (C=O) groups is 1. The van der Waals surface area contributed by atoms with Crippen LogP contribution in [0.4, 0.5) is 0 Å². The number of allylic oxidation sites excluding steroid dienone is 1. The molecule has 0 aromatic rings. The Balaban J connectivity index is 3.70. The molecule has 0 aromatic heterocycles. The van der Waals surface area contributed by atoms with Crippen molar-refractivity contribution in [2.75, 3.05) is 0 Å². The summed E-state index contributed by atoms with van der Waals surface area (Å²) < 4.78 is 0. The van der Waals surface area contributed by atoms with Crippen LogP contribution in [0.25, 0.3) is 0 Å². The molecule has 2 nitrogen and oxygen atoms in total. The number of aliphatic carboxylic acids is 1. The fourth-order valence-electron chi connectivity index (χ4n) is 1.39. The minimum absolute atomic E-state index is 0.176. The average molecular weight is 184 g/mol. The van der Waals surface area contributed by atoms with Crippen LogP contribution in [0.1, 0.15) is 39.5 Å². The van der Waals surface area contributed by atoms with Crippen LogP contribution in [-0.2, 0) is 4.79 Å². The molecular formula is C11H20O2. The Hall–Kier alpha value is -0.790. The zero-order valence-corrected chi connectivity index (χ0v) is 8.62. The minimum Gasteiger partial charge on any atom is -0.481 e. The highest BCUT2D eigenvalue weighted by atomic mass is 16.4. The van der Waals surface area contributed by atoms with Gasteiger partial charge < -0.3 is 5.11 Å². The third-order valence-electron chi connectivity index (χ3n) is 2.30. The summed E-state index contributed by atoms with van der Waals surface area (Å²) in [4.78, 5) is 10.8. The Morgan fingerprint density at radius 2 is 2.08 bits per heavy atom. The van der Waals surface area contributed by atoms with E-state index in [2.05, 4.69) is 6.58 Å². The predicted molar refractivity (Wildman–Crippen MR) is 54.6 cm³/mol. The summed E-state index contributed by atoms with van der Waals surface area (Å²) in [5, 5.41) is 8.88. The molecule has 0 aliphatic heterocycles. The van der Waals surface area contributed by atoms with Crippen LogP contribution in [0.3, 0.4) is 0 Å². The van der Waals surface area contributed by atoms with Crippen molar-refractivity contribution < 1.29 is 9.90 Å². The third-order valence-corrected chi connectivity index (χ3v) is 2.30. The molecule has 0 rings (SSSR count). The molecule has 13 heavy (non-hydrogen) atoms. The summed E-state index contributed by atoms with van der Waals surface area (Å²) in [6, 6.07) is 0. The lowest BCUT2D eigenvalue weighted by atomic mass is 9.90. The quantitative estimate of drug-likeness (QED) is 0.487. The van der Waals surface area contributed by atoms with Gasteiger partial charge in [-0.05, 0) is 25.2 Å². The van der Waals surface area contributed by atoms with Gasteiger partial charge >= 0.3 is 5.97 Å². The fraction of sp³-hybridized carbons (Fsp3) is 0.727. The van der Waals surface area contributed by atoms with Crippen molar-refractivity contribution in [2.45, 2.75) is 39.5 Å². The van der Waals surface area contributed by atoms with Crippen LogP contribution in [0.15, 0.2) is 12.7 Å². The molecule has 1 unspecified atom stereocenters. The summed E-state index contributed by atoms with van der Waals surface area (Å²) in [7, 11) is 0. The van der Waals surface area contributed by atoms with Crippen LogP contribution < -0.4 is 0 Å². The molecule has 0 aromatic carbocycles. The van der Waals surface area contributed by atoms with Gasteiger partial charge in [0.25, 0.3) is 0 Å². The van der Waals surface area contributed by atoms with Gasteiger partial charge in [0.2, 0.25) is 0 Å². The van der Waals surface area contributed by atoms with Crippen molar-refractivity contribution in [2.24, 2.45) is 11.8 Å². The molecule has 0 aliphatic carbocycles. The van der Waals surface area contributed by atoms with Gasteiger partial charge in [-0.2, -0.15) is 0 Å². The van der Waals surface area contributed by atoms with Crippen LogP contribution >= 0.6 is 0 Å². The number of hydrogen-bond donors (Lipinski definition) is 1. The maximum Gasteiger partial charge on any atom is 0.306 e. The normalized spacial score (nSPS) is 12.8. The van der Waals surface area contributed by atoms with E-state index in [9.17, 15) is 4.79 Å². The molecule has 0 saturated heterocycles. The molecule has 0 fully saturated rings. The second-order valence-electron chi connectivity index (χ2n) is 3.76. The lowest BCUT2D eigenvalue weighted by Gasteiger charge is -2.15. The molecule has 0 amide bonds. The third kappa shape index (κ3) is 5.45. The van der Waals surface area contributed by atoms with E-state index in [1.807, 2.05) is 19.9 Å². The molecule has 0 spiro atoms. The molecule has 76 valence electrons. The van der Waals surface area contributed by atoms with Crippen LogP contribution in [-0.4, -0.2) is 11.1 Å². The molecule has 2 heteroatoms. The zero-order valence-electron chi connectivity index (χ0n) is 8.62. The highest BCUT2D eigenvalue weighted by molar-refractivity contribution is 5.70. The second-order valence-corrected chi connectivity index (χ2v) is 3.76. The highest BCUT2D eigenvalue weighted by Crippen LogP contribution is 2.18. The standard InChI is InChI=1S/C11H20O2/c1-4-5-6-7-8-10(9(2)3)11(12)13/h4,9-10H,1,5-8H2,2-3H3,(H,12,13). The van der Waals surface area contributed by atoms with E-state index in [-0.39, 0.29) is 11.8 Å². The zero-order chi connectivity index (χ0) is 10.3. The summed E-state index contributed by atoms with van der Waals surface area (Å²) in [6.07, 6.45) is 5.71. The first-order valence-corrected chi connectivity index (χ1v) is 4.93. The average Bonchev–Trinajstić information content (AvgIpc) is 2.02. The smallest absolute Gasteiger partial charge is 0.306 e. The summed E-state index contributed by atoms with van der Waals surface area (Å²) in [5.41, 5.74) is 0. The lowest BCUT2D eigenvalue weighted by molar-refractivity contribution is -0.143. The van der Waals surface area contributed by atoms with E-state index >= 15 is 0 Å². The van der Waals surface area contributed by atoms with Crippen LogP contribution in [0, 0.1) is 11.8 Å². The first-order chi connectivity index (χ1) is 6.09. The minimum atomic E-state index is -0.659. The maximum atomic E-state index is 10.8. The molecule has 1 N–H and O–H groups in total. The monoisotopic (exact) mass is 184 g/mol. The van der Waals surface area contributed by atoms with E-state index in [1.165, 1.54) is 0 Å². The van der Waals surface area contributed by atoms with Gasteiger partial charge in [0.1, 0.15) is 0 Å². The van der Waals surface area contributed by atoms with Gasteiger partial charge in [-0.3, -0.25) is 4.79 Å². The first-order valence-electron chi connectivity index (χ1n) is 4.93. The Morgan fingerprint density at radius 3 is 2.46 bits per heavy atom. The topological polar surface area (TPSA) is 37.3 Å². The fourth-order valence-corrected chi connectivity index (χ4v) is 1.39. The number of carboxylic acid groups (broad SMARTS) is 1. The van der Waals surface area contributed by atoms with Gasteiger partial charge in [0, 0.05) is 0 Å². The van der Waals surface area contributed by atoms with E-state index < -0.39 is 5.97 Å². The Labute approximate surface area is 80.7 Å². The molecular weight excluding hydrogens is 164 g/mol. The van der Waals surface area contributed by atoms with Gasteiger partial charge in [0.15, 0.2) is 0 Å². The van der Waals surface area contributed by atoms with E-state index in [0.29, 0.717) is 0 Å². The Kier molecular flexibility index (Phi) is 6.29. The Bertz CT molecular complexity index is 161. The van der Waals surface area contributed by atoms with Crippen molar-refractivity contribution in [1.29, 1.82) is 0 Å². The van der Waals surface area contributed by atoms with Crippen LogP contribution in [0.2, 0.25) is 0 Å². The molecule has 0 bridgehead atoms. The van der Waals surface area contributed by atoms with Crippen molar-refractivity contribution in [3.8, 4) is 0 Å². The van der Waals surface area contributed by atoms with Crippen molar-refractivity contribution >= 4 is 5.97 Å². The summed E-state index contributed by atoms with van der Waals surface area (Å²) in [5.74, 6) is -0.598. The van der Waals surface area contributed by atoms with E-state index in [1.54, 1.807) is 0 Å². The van der Waals surface area contributed by atoms with E-state index in [4.69, 9.17) is 5.11 Å². The summed E-state index contributed by atoms with van der Waals surface area (Å²) >= 11 is 0. The maximum absolute atomic E-state index is 10.8. The molecule has 0 heterocycles. The lowest BCUT2D eigenvalue weighted by Crippen LogP contribution is -2.19. The number of rotatable bonds is 7. The van der Waals surface area contributed by atoms with Gasteiger partial charge in [0.05, 0.1) is 5.92 Å². The van der Waals surface area contributed by atoms with Crippen LogP contribution in [0.5, 0.6) is 0 Å². The van der Waals surface area contributed by atoms with E-state index in [0.717, 1.165) is 25.7 Å². The van der Waals surface area contributed by atoms with Crippen molar-refractivity contribution in [3.05, 3.63) is 12.7 Å². The second kappa shape index (κ2) is 6.70. The number of hydrogen-bond acceptors (Lipinski definition) is 1. The number of carboxylic acids is 1. The van der Waals surface area contributed by atoms with Gasteiger partial charge in [-0.1, -0.05) is 26.3 Å².